The van der Waals surface area contributed by atoms with E-state index < -0.39 is 0 Å². The van der Waals surface area contributed by atoms with Gasteiger partial charge < -0.3 is 9.80 Å². The number of hydrogen-bond acceptors (Lipinski definition) is 4. The van der Waals surface area contributed by atoms with Crippen LogP contribution in [-0.4, -0.2) is 54.8 Å². The molecule has 1 unspecified atom stereocenters. The topological polar surface area (TPSA) is 43.9 Å². The van der Waals surface area contributed by atoms with Gasteiger partial charge >= 0.3 is 0 Å². The number of amides is 2. The zero-order valence-electron chi connectivity index (χ0n) is 22.3. The predicted molar refractivity (Wildman–Crippen MR) is 166 cm³/mol. The highest BCUT2D eigenvalue weighted by Crippen LogP contribution is 2.30. The van der Waals surface area contributed by atoms with Crippen molar-refractivity contribution in [1.82, 2.24) is 9.80 Å². The average Bonchev–Trinajstić information content (AvgIpc) is 3.71. The average molecular weight is 593 g/mol. The lowest BCUT2D eigenvalue weighted by atomic mass is 10.0. The summed E-state index contributed by atoms with van der Waals surface area (Å²) in [4.78, 5) is 33.2. The fourth-order valence-electron chi connectivity index (χ4n) is 5.08. The van der Waals surface area contributed by atoms with Gasteiger partial charge in [-0.15, -0.1) is 0 Å². The Bertz CT molecular complexity index is 1440. The summed E-state index contributed by atoms with van der Waals surface area (Å²) in [5, 5.41) is 4.91. The number of nitrogens with zero attached hydrogens (tertiary/aromatic N) is 3. The van der Waals surface area contributed by atoms with Crippen LogP contribution < -0.4 is 4.90 Å². The van der Waals surface area contributed by atoms with Gasteiger partial charge in [-0.25, -0.2) is 0 Å². The van der Waals surface area contributed by atoms with E-state index in [9.17, 15) is 9.59 Å². The SMILES string of the molecule is CN(C(=O)CN(C(=O)c1ccccc1)c1ccc(Cl)c(Cl)c1)C(CN1CCCC1)c1ccc(-c2ccsc2)cc1. The minimum atomic E-state index is -0.281. The van der Waals surface area contributed by atoms with E-state index in [1.807, 2.05) is 13.1 Å². The molecule has 0 spiro atoms. The molecule has 1 aromatic heterocycles. The van der Waals surface area contributed by atoms with E-state index in [0.717, 1.165) is 43.6 Å². The highest BCUT2D eigenvalue weighted by molar-refractivity contribution is 7.08. The van der Waals surface area contributed by atoms with E-state index >= 15 is 0 Å². The zero-order chi connectivity index (χ0) is 28.1. The standard InChI is InChI=1S/C32H31Cl2N3O2S/c1-35(30(20-36-16-5-6-17-36)24-11-9-23(10-12-24)26-15-18-40-22-26)31(38)21-37(27-13-14-28(33)29(34)19-27)32(39)25-7-3-2-4-8-25/h2-4,7-15,18-19,22,30H,5-6,16-17,20-21H2,1H3. The lowest BCUT2D eigenvalue weighted by Crippen LogP contribution is -2.45. The van der Waals surface area contributed by atoms with E-state index in [0.29, 0.717) is 21.3 Å². The smallest absolute Gasteiger partial charge is 0.258 e. The van der Waals surface area contributed by atoms with Gasteiger partial charge in [0.2, 0.25) is 5.91 Å². The minimum Gasteiger partial charge on any atom is -0.336 e. The van der Waals surface area contributed by atoms with Crippen LogP contribution in [0.3, 0.4) is 0 Å². The fourth-order valence-corrected chi connectivity index (χ4v) is 6.04. The van der Waals surface area contributed by atoms with Gasteiger partial charge in [-0.05, 0) is 89.8 Å². The molecule has 2 amide bonds. The highest BCUT2D eigenvalue weighted by Gasteiger charge is 2.29. The van der Waals surface area contributed by atoms with Crippen LogP contribution in [0.4, 0.5) is 5.69 Å². The largest absolute Gasteiger partial charge is 0.336 e. The number of thiophene rings is 1. The van der Waals surface area contributed by atoms with Crippen molar-refractivity contribution in [3.8, 4) is 11.1 Å². The molecule has 0 aliphatic carbocycles. The third-order valence-electron chi connectivity index (χ3n) is 7.41. The number of benzene rings is 3. The summed E-state index contributed by atoms with van der Waals surface area (Å²) in [5.41, 5.74) is 4.41. The van der Waals surface area contributed by atoms with Crippen LogP contribution in [0.1, 0.15) is 34.8 Å². The summed E-state index contributed by atoms with van der Waals surface area (Å²) < 4.78 is 0. The Morgan fingerprint density at radius 3 is 2.27 bits per heavy atom. The Kier molecular flexibility index (Phi) is 9.22. The molecule has 3 aromatic carbocycles. The van der Waals surface area contributed by atoms with Crippen LogP contribution in [0, 0.1) is 0 Å². The van der Waals surface area contributed by atoms with Crippen molar-refractivity contribution >= 4 is 52.0 Å². The van der Waals surface area contributed by atoms with Gasteiger partial charge in [0.05, 0.1) is 16.1 Å². The first-order chi connectivity index (χ1) is 19.4. The Labute approximate surface area is 249 Å². The summed E-state index contributed by atoms with van der Waals surface area (Å²) in [5.74, 6) is -0.446. The fraction of sp³-hybridized carbons (Fsp3) is 0.250. The van der Waals surface area contributed by atoms with E-state index in [4.69, 9.17) is 23.2 Å². The third-order valence-corrected chi connectivity index (χ3v) is 8.84. The number of likely N-dealkylation sites (N-methyl/N-ethyl adjacent to an activating group) is 1. The Balaban J connectivity index is 1.43. The molecule has 0 bridgehead atoms. The maximum absolute atomic E-state index is 13.9. The van der Waals surface area contributed by atoms with Crippen molar-refractivity contribution in [1.29, 1.82) is 0 Å². The van der Waals surface area contributed by atoms with E-state index in [1.165, 1.54) is 10.5 Å². The van der Waals surface area contributed by atoms with Crippen LogP contribution >= 0.6 is 34.5 Å². The highest BCUT2D eigenvalue weighted by atomic mass is 35.5. The van der Waals surface area contributed by atoms with E-state index in [2.05, 4.69) is 46.0 Å². The minimum absolute atomic E-state index is 0.133. The van der Waals surface area contributed by atoms with Gasteiger partial charge in [0.1, 0.15) is 6.54 Å². The first-order valence-corrected chi connectivity index (χ1v) is 15.0. The Hall–Kier alpha value is -3.16. The van der Waals surface area contributed by atoms with E-state index in [-0.39, 0.29) is 24.4 Å². The number of carbonyl (C=O) groups excluding carboxylic acids is 2. The molecule has 40 heavy (non-hydrogen) atoms. The monoisotopic (exact) mass is 591 g/mol. The number of halogens is 2. The summed E-state index contributed by atoms with van der Waals surface area (Å²) >= 11 is 14.1. The lowest BCUT2D eigenvalue weighted by molar-refractivity contribution is -0.130. The van der Waals surface area contributed by atoms with Crippen LogP contribution in [0.5, 0.6) is 0 Å². The van der Waals surface area contributed by atoms with Gasteiger partial charge in [-0.1, -0.05) is 65.7 Å². The van der Waals surface area contributed by atoms with Crippen LogP contribution in [0.15, 0.2) is 89.6 Å². The molecule has 8 heteroatoms. The second kappa shape index (κ2) is 13.0. The van der Waals surface area contributed by atoms with Crippen molar-refractivity contribution in [2.24, 2.45) is 0 Å². The van der Waals surface area contributed by atoms with Crippen LogP contribution in [0.25, 0.3) is 11.1 Å². The molecule has 1 aliphatic rings. The predicted octanol–water partition coefficient (Wildman–Crippen LogP) is 7.66. The molecular weight excluding hydrogens is 561 g/mol. The molecule has 1 saturated heterocycles. The molecule has 1 aliphatic heterocycles. The second-order valence-electron chi connectivity index (χ2n) is 10.0. The van der Waals surface area contributed by atoms with Gasteiger partial charge in [0.25, 0.3) is 5.91 Å². The molecule has 4 aromatic rings. The Morgan fingerprint density at radius 1 is 0.900 bits per heavy atom. The number of anilines is 1. The molecule has 206 valence electrons. The number of carbonyl (C=O) groups is 2. The summed E-state index contributed by atoms with van der Waals surface area (Å²) in [6, 6.07) is 24.3. The summed E-state index contributed by atoms with van der Waals surface area (Å²) in [7, 11) is 1.83. The molecule has 0 N–H and O–H groups in total. The van der Waals surface area contributed by atoms with Crippen molar-refractivity contribution in [3.05, 3.63) is 111 Å². The van der Waals surface area contributed by atoms with Gasteiger partial charge in [0, 0.05) is 24.8 Å². The molecule has 5 nitrogen and oxygen atoms in total. The Morgan fingerprint density at radius 2 is 1.62 bits per heavy atom. The molecule has 1 fully saturated rings. The first kappa shape index (κ1) is 28.4. The zero-order valence-corrected chi connectivity index (χ0v) is 24.6. The normalized spacial score (nSPS) is 14.2. The van der Waals surface area contributed by atoms with Crippen molar-refractivity contribution in [2.45, 2.75) is 18.9 Å². The number of rotatable bonds is 9. The van der Waals surface area contributed by atoms with E-state index in [1.54, 1.807) is 58.7 Å². The molecule has 0 radical (unpaired) electrons. The summed E-state index contributed by atoms with van der Waals surface area (Å²) in [6.07, 6.45) is 2.33. The third kappa shape index (κ3) is 6.58. The van der Waals surface area contributed by atoms with Crippen LogP contribution in [0.2, 0.25) is 10.0 Å². The molecule has 1 atom stereocenters. The van der Waals surface area contributed by atoms with Crippen molar-refractivity contribution in [2.75, 3.05) is 38.1 Å². The number of hydrogen-bond donors (Lipinski definition) is 0. The van der Waals surface area contributed by atoms with Crippen LogP contribution in [-0.2, 0) is 4.79 Å². The maximum Gasteiger partial charge on any atom is 0.258 e. The van der Waals surface area contributed by atoms with Crippen molar-refractivity contribution < 1.29 is 9.59 Å². The molecule has 0 saturated carbocycles. The maximum atomic E-state index is 13.9. The summed E-state index contributed by atoms with van der Waals surface area (Å²) in [6.45, 7) is 2.64. The number of likely N-dealkylation sites (tertiary alicyclic amines) is 1. The van der Waals surface area contributed by atoms with Gasteiger partial charge in [-0.2, -0.15) is 11.3 Å². The van der Waals surface area contributed by atoms with Gasteiger partial charge in [0.15, 0.2) is 0 Å². The van der Waals surface area contributed by atoms with Crippen molar-refractivity contribution in [3.63, 3.8) is 0 Å². The van der Waals surface area contributed by atoms with Gasteiger partial charge in [-0.3, -0.25) is 14.5 Å². The quantitative estimate of drug-likeness (QED) is 0.200. The lowest BCUT2D eigenvalue weighted by Gasteiger charge is -2.34. The molecule has 5 rings (SSSR count). The second-order valence-corrected chi connectivity index (χ2v) is 11.6. The first-order valence-electron chi connectivity index (χ1n) is 13.3. The molecule has 2 heterocycles. The molecular formula is C32H31Cl2N3O2S.